The van der Waals surface area contributed by atoms with Gasteiger partial charge in [-0.1, -0.05) is 19.1 Å². The van der Waals surface area contributed by atoms with E-state index in [4.69, 9.17) is 4.74 Å². The van der Waals surface area contributed by atoms with Crippen molar-refractivity contribution < 1.29 is 4.74 Å². The summed E-state index contributed by atoms with van der Waals surface area (Å²) >= 11 is 0. The molecule has 22 heavy (non-hydrogen) atoms. The van der Waals surface area contributed by atoms with Crippen LogP contribution in [0.5, 0.6) is 5.75 Å². The molecule has 0 aliphatic rings. The number of rotatable bonds is 4. The first-order chi connectivity index (χ1) is 10.7. The number of aromatic amines is 1. The standard InChI is InChI=1S/C16H18N4O2/c1-4-11-13-14(20(3)19-11)16(21)18-15(17-13)10-8-6-7-9-12(10)22-5-2/h6-9H,4-5H2,1-3H3,(H,17,18,21). The second-order valence-corrected chi connectivity index (χ2v) is 4.96. The Bertz CT molecular complexity index is 879. The topological polar surface area (TPSA) is 72.8 Å². The molecule has 2 heterocycles. The Morgan fingerprint density at radius 2 is 2.05 bits per heavy atom. The van der Waals surface area contributed by atoms with E-state index >= 15 is 0 Å². The molecule has 114 valence electrons. The molecule has 3 rings (SSSR count). The maximum absolute atomic E-state index is 12.4. The van der Waals surface area contributed by atoms with Gasteiger partial charge in [0.15, 0.2) is 5.52 Å². The molecule has 6 heteroatoms. The van der Waals surface area contributed by atoms with E-state index in [1.54, 1.807) is 11.7 Å². The molecule has 0 atom stereocenters. The van der Waals surface area contributed by atoms with E-state index in [0.29, 0.717) is 29.2 Å². The first-order valence-electron chi connectivity index (χ1n) is 7.33. The zero-order valence-corrected chi connectivity index (χ0v) is 12.9. The summed E-state index contributed by atoms with van der Waals surface area (Å²) in [5.74, 6) is 1.21. The van der Waals surface area contributed by atoms with Crippen LogP contribution in [0.1, 0.15) is 19.5 Å². The van der Waals surface area contributed by atoms with Gasteiger partial charge in [-0.2, -0.15) is 5.10 Å². The summed E-state index contributed by atoms with van der Waals surface area (Å²) in [6.45, 7) is 4.47. The van der Waals surface area contributed by atoms with E-state index in [1.807, 2.05) is 38.1 Å². The van der Waals surface area contributed by atoms with Crippen LogP contribution in [-0.4, -0.2) is 26.4 Å². The molecular weight excluding hydrogens is 280 g/mol. The molecule has 6 nitrogen and oxygen atoms in total. The van der Waals surface area contributed by atoms with Crippen molar-refractivity contribution in [1.29, 1.82) is 0 Å². The van der Waals surface area contributed by atoms with Gasteiger partial charge < -0.3 is 9.72 Å². The van der Waals surface area contributed by atoms with Crippen molar-refractivity contribution in [1.82, 2.24) is 19.7 Å². The smallest absolute Gasteiger partial charge is 0.277 e. The molecular formula is C16H18N4O2. The minimum absolute atomic E-state index is 0.194. The van der Waals surface area contributed by atoms with E-state index in [9.17, 15) is 4.79 Å². The van der Waals surface area contributed by atoms with Crippen LogP contribution in [0.15, 0.2) is 29.1 Å². The molecule has 3 aromatic rings. The molecule has 0 radical (unpaired) electrons. The molecule has 0 fully saturated rings. The van der Waals surface area contributed by atoms with Gasteiger partial charge in [-0.25, -0.2) is 4.98 Å². The van der Waals surface area contributed by atoms with Gasteiger partial charge in [-0.3, -0.25) is 9.48 Å². The number of hydrogen-bond acceptors (Lipinski definition) is 4. The first kappa shape index (κ1) is 14.3. The lowest BCUT2D eigenvalue weighted by atomic mass is 10.2. The lowest BCUT2D eigenvalue weighted by molar-refractivity contribution is 0.341. The predicted molar refractivity (Wildman–Crippen MR) is 85.1 cm³/mol. The number of H-pyrrole nitrogens is 1. The number of ether oxygens (including phenoxy) is 1. The number of fused-ring (bicyclic) bond motifs is 1. The van der Waals surface area contributed by atoms with Crippen LogP contribution in [0.25, 0.3) is 22.4 Å². The molecule has 1 aromatic carbocycles. The quantitative estimate of drug-likeness (QED) is 0.802. The molecule has 0 aliphatic carbocycles. The summed E-state index contributed by atoms with van der Waals surface area (Å²) < 4.78 is 7.20. The number of aromatic nitrogens is 4. The van der Waals surface area contributed by atoms with Crippen molar-refractivity contribution in [3.63, 3.8) is 0 Å². The van der Waals surface area contributed by atoms with E-state index in [2.05, 4.69) is 15.1 Å². The van der Waals surface area contributed by atoms with Gasteiger partial charge >= 0.3 is 0 Å². The third-order valence-corrected chi connectivity index (χ3v) is 3.54. The Balaban J connectivity index is 2.27. The predicted octanol–water partition coefficient (Wildman–Crippen LogP) is 2.28. The van der Waals surface area contributed by atoms with Gasteiger partial charge in [0.25, 0.3) is 5.56 Å². The van der Waals surface area contributed by atoms with E-state index < -0.39 is 0 Å². The second-order valence-electron chi connectivity index (χ2n) is 4.96. The molecule has 0 spiro atoms. The van der Waals surface area contributed by atoms with Crippen LogP contribution < -0.4 is 10.3 Å². The molecule has 0 amide bonds. The summed E-state index contributed by atoms with van der Waals surface area (Å²) in [5.41, 5.74) is 2.54. The Kier molecular flexibility index (Phi) is 3.66. The van der Waals surface area contributed by atoms with Crippen molar-refractivity contribution in [3.05, 3.63) is 40.3 Å². The van der Waals surface area contributed by atoms with Gasteiger partial charge in [0.1, 0.15) is 17.1 Å². The normalized spacial score (nSPS) is 11.0. The highest BCUT2D eigenvalue weighted by Crippen LogP contribution is 2.27. The van der Waals surface area contributed by atoms with Crippen molar-refractivity contribution in [2.45, 2.75) is 20.3 Å². The number of nitrogens with zero attached hydrogens (tertiary/aromatic N) is 3. The van der Waals surface area contributed by atoms with Crippen molar-refractivity contribution in [2.24, 2.45) is 7.05 Å². The van der Waals surface area contributed by atoms with Gasteiger partial charge in [0.05, 0.1) is 17.9 Å². The van der Waals surface area contributed by atoms with Gasteiger partial charge in [0, 0.05) is 7.05 Å². The van der Waals surface area contributed by atoms with Gasteiger partial charge in [-0.05, 0) is 25.5 Å². The maximum Gasteiger partial charge on any atom is 0.277 e. The first-order valence-corrected chi connectivity index (χ1v) is 7.33. The number of hydrogen-bond donors (Lipinski definition) is 1. The monoisotopic (exact) mass is 298 g/mol. The van der Waals surface area contributed by atoms with Crippen LogP contribution in [-0.2, 0) is 13.5 Å². The zero-order valence-electron chi connectivity index (χ0n) is 12.9. The average molecular weight is 298 g/mol. The van der Waals surface area contributed by atoms with Crippen molar-refractivity contribution >= 4 is 11.0 Å². The van der Waals surface area contributed by atoms with Crippen LogP contribution in [0, 0.1) is 0 Å². The van der Waals surface area contributed by atoms with Gasteiger partial charge in [-0.15, -0.1) is 0 Å². The Labute approximate surface area is 127 Å². The van der Waals surface area contributed by atoms with Crippen molar-refractivity contribution in [2.75, 3.05) is 6.61 Å². The highest BCUT2D eigenvalue weighted by molar-refractivity contribution is 5.79. The molecule has 2 aromatic heterocycles. The molecule has 0 saturated heterocycles. The minimum atomic E-state index is -0.194. The van der Waals surface area contributed by atoms with E-state index in [1.165, 1.54) is 0 Å². The maximum atomic E-state index is 12.4. The minimum Gasteiger partial charge on any atom is -0.493 e. The molecule has 0 bridgehead atoms. The number of nitrogens with one attached hydrogen (secondary N) is 1. The summed E-state index contributed by atoms with van der Waals surface area (Å²) in [6.07, 6.45) is 0.723. The fourth-order valence-electron chi connectivity index (χ4n) is 2.56. The number of para-hydroxylation sites is 1. The van der Waals surface area contributed by atoms with Crippen LogP contribution >= 0.6 is 0 Å². The van der Waals surface area contributed by atoms with E-state index in [-0.39, 0.29) is 5.56 Å². The Morgan fingerprint density at radius 3 is 2.77 bits per heavy atom. The SMILES string of the molecule is CCOc1ccccc1-c1nc2c(CC)nn(C)c2c(=O)[nH]1. The highest BCUT2D eigenvalue weighted by atomic mass is 16.5. The van der Waals surface area contributed by atoms with E-state index in [0.717, 1.165) is 17.7 Å². The van der Waals surface area contributed by atoms with Crippen molar-refractivity contribution in [3.8, 4) is 17.1 Å². The zero-order chi connectivity index (χ0) is 15.7. The molecule has 1 N–H and O–H groups in total. The number of aryl methyl sites for hydroxylation is 2. The fourth-order valence-corrected chi connectivity index (χ4v) is 2.56. The lowest BCUT2D eigenvalue weighted by Crippen LogP contribution is -2.12. The molecule has 0 aliphatic heterocycles. The lowest BCUT2D eigenvalue weighted by Gasteiger charge is -2.09. The summed E-state index contributed by atoms with van der Waals surface area (Å²) in [5, 5.41) is 4.37. The average Bonchev–Trinajstić information content (AvgIpc) is 2.85. The Morgan fingerprint density at radius 1 is 1.27 bits per heavy atom. The largest absolute Gasteiger partial charge is 0.493 e. The van der Waals surface area contributed by atoms with Crippen LogP contribution in [0.3, 0.4) is 0 Å². The summed E-state index contributed by atoms with van der Waals surface area (Å²) in [4.78, 5) is 19.9. The third kappa shape index (κ3) is 2.26. The number of benzene rings is 1. The fraction of sp³-hybridized carbons (Fsp3) is 0.312. The summed E-state index contributed by atoms with van der Waals surface area (Å²) in [7, 11) is 1.76. The van der Waals surface area contributed by atoms with Crippen LogP contribution in [0.2, 0.25) is 0 Å². The van der Waals surface area contributed by atoms with Gasteiger partial charge in [0.2, 0.25) is 0 Å². The molecule has 0 unspecified atom stereocenters. The molecule has 0 saturated carbocycles. The van der Waals surface area contributed by atoms with Crippen LogP contribution in [0.4, 0.5) is 0 Å². The summed E-state index contributed by atoms with van der Waals surface area (Å²) in [6, 6.07) is 7.54. The third-order valence-electron chi connectivity index (χ3n) is 3.54. The highest BCUT2D eigenvalue weighted by Gasteiger charge is 2.16. The second kappa shape index (κ2) is 5.63. The Hall–Kier alpha value is -2.63.